The van der Waals surface area contributed by atoms with E-state index in [0.717, 1.165) is 30.8 Å². The lowest BCUT2D eigenvalue weighted by Gasteiger charge is -2.22. The van der Waals surface area contributed by atoms with E-state index in [0.29, 0.717) is 17.1 Å². The summed E-state index contributed by atoms with van der Waals surface area (Å²) in [5.74, 6) is 0.202. The zero-order chi connectivity index (χ0) is 19.7. The summed E-state index contributed by atoms with van der Waals surface area (Å²) >= 11 is 6.17. The monoisotopic (exact) mass is 393 g/mol. The summed E-state index contributed by atoms with van der Waals surface area (Å²) in [7, 11) is 0. The third-order valence-corrected chi connectivity index (χ3v) is 5.51. The van der Waals surface area contributed by atoms with E-state index in [9.17, 15) is 4.79 Å². The van der Waals surface area contributed by atoms with Gasteiger partial charge < -0.3 is 4.90 Å². The molecular formula is C23H24ClN3O. The van der Waals surface area contributed by atoms with Gasteiger partial charge in [0.25, 0.3) is 5.91 Å². The van der Waals surface area contributed by atoms with Crippen LogP contribution < -0.4 is 0 Å². The van der Waals surface area contributed by atoms with Crippen LogP contribution in [0.5, 0.6) is 0 Å². The highest BCUT2D eigenvalue weighted by Crippen LogP contribution is 2.27. The second-order valence-corrected chi connectivity index (χ2v) is 8.03. The Morgan fingerprint density at radius 2 is 1.89 bits per heavy atom. The SMILES string of the molecule is CC(C)c1c(C(=O)N2CCCc3ccccc3C2)cnn1-c1cccc(Cl)c1. The van der Waals surface area contributed by atoms with Crippen molar-refractivity contribution in [2.75, 3.05) is 6.54 Å². The standard InChI is InChI=1S/C23H24ClN3O/c1-16(2)22-21(14-25-27(22)20-11-5-10-19(24)13-20)23(28)26-12-6-9-17-7-3-4-8-18(17)15-26/h3-5,7-8,10-11,13-14,16H,6,9,12,15H2,1-2H3. The molecule has 0 aliphatic carbocycles. The molecule has 4 nitrogen and oxygen atoms in total. The molecule has 0 saturated heterocycles. The second kappa shape index (κ2) is 7.80. The van der Waals surface area contributed by atoms with E-state index < -0.39 is 0 Å². The Labute approximate surface area is 170 Å². The molecule has 0 radical (unpaired) electrons. The first-order valence-corrected chi connectivity index (χ1v) is 10.1. The van der Waals surface area contributed by atoms with E-state index in [1.807, 2.05) is 39.9 Å². The quantitative estimate of drug-likeness (QED) is 0.610. The topological polar surface area (TPSA) is 38.1 Å². The number of carbonyl (C=O) groups excluding carboxylic acids is 1. The number of amides is 1. The van der Waals surface area contributed by atoms with Crippen LogP contribution >= 0.6 is 11.6 Å². The van der Waals surface area contributed by atoms with Crippen LogP contribution in [0, 0.1) is 0 Å². The van der Waals surface area contributed by atoms with Gasteiger partial charge in [0, 0.05) is 18.1 Å². The molecule has 3 aromatic rings. The van der Waals surface area contributed by atoms with Gasteiger partial charge in [-0.1, -0.05) is 55.8 Å². The molecule has 0 bridgehead atoms. The molecule has 0 unspecified atom stereocenters. The maximum absolute atomic E-state index is 13.4. The Balaban J connectivity index is 1.70. The van der Waals surface area contributed by atoms with Crippen molar-refractivity contribution in [2.45, 2.75) is 39.2 Å². The van der Waals surface area contributed by atoms with E-state index in [-0.39, 0.29) is 11.8 Å². The molecule has 2 heterocycles. The van der Waals surface area contributed by atoms with Gasteiger partial charge in [0.2, 0.25) is 0 Å². The number of nitrogens with zero attached hydrogens (tertiary/aromatic N) is 3. The van der Waals surface area contributed by atoms with Crippen LogP contribution in [0.3, 0.4) is 0 Å². The molecule has 0 fully saturated rings. The minimum absolute atomic E-state index is 0.0497. The van der Waals surface area contributed by atoms with Crippen LogP contribution in [-0.2, 0) is 13.0 Å². The molecule has 1 aliphatic heterocycles. The molecule has 1 aliphatic rings. The van der Waals surface area contributed by atoms with Crippen LogP contribution in [0.25, 0.3) is 5.69 Å². The van der Waals surface area contributed by atoms with Gasteiger partial charge in [-0.2, -0.15) is 5.10 Å². The number of aryl methyl sites for hydroxylation is 1. The lowest BCUT2D eigenvalue weighted by atomic mass is 10.0. The van der Waals surface area contributed by atoms with Crippen LogP contribution in [-0.4, -0.2) is 27.1 Å². The average Bonchev–Trinajstić information content (AvgIpc) is 3.02. The summed E-state index contributed by atoms with van der Waals surface area (Å²) in [6.45, 7) is 5.58. The van der Waals surface area contributed by atoms with Crippen molar-refractivity contribution < 1.29 is 4.79 Å². The predicted octanol–water partition coefficient (Wildman–Crippen LogP) is 5.24. The van der Waals surface area contributed by atoms with Crippen molar-refractivity contribution >= 4 is 17.5 Å². The molecule has 5 heteroatoms. The van der Waals surface area contributed by atoms with Gasteiger partial charge in [0.05, 0.1) is 23.1 Å². The summed E-state index contributed by atoms with van der Waals surface area (Å²) in [5, 5.41) is 5.20. The molecule has 0 atom stereocenters. The number of hydrogen-bond acceptors (Lipinski definition) is 2. The van der Waals surface area contributed by atoms with Crippen molar-refractivity contribution in [1.29, 1.82) is 0 Å². The minimum atomic E-state index is 0.0497. The second-order valence-electron chi connectivity index (χ2n) is 7.59. The van der Waals surface area contributed by atoms with Crippen LogP contribution in [0.15, 0.2) is 54.7 Å². The van der Waals surface area contributed by atoms with Crippen molar-refractivity contribution in [1.82, 2.24) is 14.7 Å². The van der Waals surface area contributed by atoms with E-state index >= 15 is 0 Å². The molecule has 28 heavy (non-hydrogen) atoms. The van der Waals surface area contributed by atoms with Gasteiger partial charge >= 0.3 is 0 Å². The maximum atomic E-state index is 13.4. The molecular weight excluding hydrogens is 370 g/mol. The molecule has 144 valence electrons. The van der Waals surface area contributed by atoms with Gasteiger partial charge in [-0.25, -0.2) is 4.68 Å². The Kier molecular flexibility index (Phi) is 5.23. The molecule has 1 aromatic heterocycles. The van der Waals surface area contributed by atoms with Crippen LogP contribution in [0.2, 0.25) is 5.02 Å². The maximum Gasteiger partial charge on any atom is 0.257 e. The first kappa shape index (κ1) is 18.8. The highest BCUT2D eigenvalue weighted by Gasteiger charge is 2.26. The fraction of sp³-hybridized carbons (Fsp3) is 0.304. The Bertz CT molecular complexity index is 1010. The summed E-state index contributed by atoms with van der Waals surface area (Å²) < 4.78 is 1.84. The molecule has 2 aromatic carbocycles. The summed E-state index contributed by atoms with van der Waals surface area (Å²) in [6, 6.07) is 16.0. The fourth-order valence-corrected chi connectivity index (χ4v) is 4.12. The summed E-state index contributed by atoms with van der Waals surface area (Å²) in [4.78, 5) is 15.4. The van der Waals surface area contributed by atoms with E-state index in [1.165, 1.54) is 11.1 Å². The zero-order valence-electron chi connectivity index (χ0n) is 16.2. The number of rotatable bonds is 3. The van der Waals surface area contributed by atoms with Crippen molar-refractivity contribution in [3.8, 4) is 5.69 Å². The largest absolute Gasteiger partial charge is 0.334 e. The van der Waals surface area contributed by atoms with Crippen LogP contribution in [0.4, 0.5) is 0 Å². The normalized spacial score (nSPS) is 14.1. The van der Waals surface area contributed by atoms with Crippen molar-refractivity contribution in [3.05, 3.63) is 82.1 Å². The van der Waals surface area contributed by atoms with Gasteiger partial charge in [-0.3, -0.25) is 4.79 Å². The van der Waals surface area contributed by atoms with Crippen LogP contribution in [0.1, 0.15) is 53.4 Å². The number of carbonyl (C=O) groups is 1. The van der Waals surface area contributed by atoms with Crippen molar-refractivity contribution in [2.24, 2.45) is 0 Å². The number of halogens is 1. The highest BCUT2D eigenvalue weighted by atomic mass is 35.5. The summed E-state index contributed by atoms with van der Waals surface area (Å²) in [6.07, 6.45) is 3.69. The fourth-order valence-electron chi connectivity index (χ4n) is 3.94. The predicted molar refractivity (Wildman–Crippen MR) is 112 cm³/mol. The number of aromatic nitrogens is 2. The van der Waals surface area contributed by atoms with Gasteiger partial charge in [-0.05, 0) is 48.1 Å². The molecule has 0 spiro atoms. The number of hydrogen-bond donors (Lipinski definition) is 0. The lowest BCUT2D eigenvalue weighted by Crippen LogP contribution is -2.31. The van der Waals surface area contributed by atoms with Gasteiger partial charge in [0.15, 0.2) is 0 Å². The van der Waals surface area contributed by atoms with E-state index in [4.69, 9.17) is 11.6 Å². The third kappa shape index (κ3) is 3.57. The average molecular weight is 394 g/mol. The smallest absolute Gasteiger partial charge is 0.257 e. The molecule has 0 saturated carbocycles. The summed E-state index contributed by atoms with van der Waals surface area (Å²) in [5.41, 5.74) is 5.05. The number of fused-ring (bicyclic) bond motifs is 1. The highest BCUT2D eigenvalue weighted by molar-refractivity contribution is 6.30. The van der Waals surface area contributed by atoms with E-state index in [1.54, 1.807) is 6.20 Å². The van der Waals surface area contributed by atoms with Crippen molar-refractivity contribution in [3.63, 3.8) is 0 Å². The minimum Gasteiger partial charge on any atom is -0.334 e. The first-order chi connectivity index (χ1) is 13.5. The third-order valence-electron chi connectivity index (χ3n) is 5.28. The number of benzene rings is 2. The Morgan fingerprint density at radius 3 is 2.64 bits per heavy atom. The van der Waals surface area contributed by atoms with E-state index in [2.05, 4.69) is 37.1 Å². The van der Waals surface area contributed by atoms with Gasteiger partial charge in [0.1, 0.15) is 0 Å². The zero-order valence-corrected chi connectivity index (χ0v) is 17.0. The first-order valence-electron chi connectivity index (χ1n) is 9.74. The molecule has 0 N–H and O–H groups in total. The van der Waals surface area contributed by atoms with Gasteiger partial charge in [-0.15, -0.1) is 0 Å². The Morgan fingerprint density at radius 1 is 1.11 bits per heavy atom. The molecule has 1 amide bonds. The Hall–Kier alpha value is -2.59. The lowest BCUT2D eigenvalue weighted by molar-refractivity contribution is 0.0744. The molecule has 4 rings (SSSR count).